The smallest absolute Gasteiger partial charge is 0.407 e. The first-order valence-electron chi connectivity index (χ1n) is 8.54. The van der Waals surface area contributed by atoms with E-state index in [4.69, 9.17) is 4.74 Å². The molecule has 0 saturated heterocycles. The van der Waals surface area contributed by atoms with Crippen molar-refractivity contribution in [2.45, 2.75) is 78.7 Å². The Hall–Kier alpha value is -1.26. The molecule has 0 rings (SSSR count). The molecule has 0 saturated carbocycles. The molecular formula is C17H34N2O3. The fourth-order valence-corrected chi connectivity index (χ4v) is 1.96. The summed E-state index contributed by atoms with van der Waals surface area (Å²) in [6.07, 6.45) is 4.98. The molecule has 5 nitrogen and oxygen atoms in total. The van der Waals surface area contributed by atoms with Crippen molar-refractivity contribution in [3.8, 4) is 0 Å². The van der Waals surface area contributed by atoms with Gasteiger partial charge in [0.1, 0.15) is 5.60 Å². The van der Waals surface area contributed by atoms with Crippen molar-refractivity contribution < 1.29 is 14.3 Å². The number of carbonyl (C=O) groups is 2. The van der Waals surface area contributed by atoms with Gasteiger partial charge in [0, 0.05) is 26.1 Å². The Bertz CT molecular complexity index is 316. The minimum atomic E-state index is -0.489. The first-order chi connectivity index (χ1) is 10.3. The summed E-state index contributed by atoms with van der Waals surface area (Å²) in [5.41, 5.74) is -0.489. The van der Waals surface area contributed by atoms with Crippen LogP contribution in [0.5, 0.6) is 0 Å². The van der Waals surface area contributed by atoms with Crippen LogP contribution in [0.1, 0.15) is 73.1 Å². The molecule has 0 aliphatic heterocycles. The molecule has 0 unspecified atom stereocenters. The summed E-state index contributed by atoms with van der Waals surface area (Å²) >= 11 is 0. The Morgan fingerprint density at radius 1 is 1.00 bits per heavy atom. The zero-order valence-corrected chi connectivity index (χ0v) is 15.0. The second-order valence-electron chi connectivity index (χ2n) is 6.62. The standard InChI is InChI=1S/C17H34N2O3/c1-6-8-13-19(14-9-7-2)15(20)11-10-12-18-16(21)22-17(3,4)5/h6-14H2,1-5H3,(H,18,21). The van der Waals surface area contributed by atoms with E-state index in [1.54, 1.807) is 0 Å². The van der Waals surface area contributed by atoms with Crippen LogP contribution in [0.4, 0.5) is 4.79 Å². The SMILES string of the molecule is CCCCN(CCCC)C(=O)CCCNC(=O)OC(C)(C)C. The fourth-order valence-electron chi connectivity index (χ4n) is 1.96. The molecular weight excluding hydrogens is 280 g/mol. The van der Waals surface area contributed by atoms with Crippen LogP contribution in [0.25, 0.3) is 0 Å². The first kappa shape index (κ1) is 20.7. The summed E-state index contributed by atoms with van der Waals surface area (Å²) in [6.45, 7) is 11.9. The van der Waals surface area contributed by atoms with Crippen LogP contribution in [-0.4, -0.2) is 42.1 Å². The first-order valence-corrected chi connectivity index (χ1v) is 8.54. The summed E-state index contributed by atoms with van der Waals surface area (Å²) in [5.74, 6) is 0.188. The van der Waals surface area contributed by atoms with Crippen molar-refractivity contribution in [1.29, 1.82) is 0 Å². The Labute approximate surface area is 135 Å². The van der Waals surface area contributed by atoms with Gasteiger partial charge in [0.2, 0.25) is 5.91 Å². The average molecular weight is 314 g/mol. The molecule has 1 N–H and O–H groups in total. The molecule has 0 aliphatic rings. The zero-order valence-electron chi connectivity index (χ0n) is 15.0. The van der Waals surface area contributed by atoms with Gasteiger partial charge in [-0.05, 0) is 40.0 Å². The van der Waals surface area contributed by atoms with Crippen molar-refractivity contribution in [1.82, 2.24) is 10.2 Å². The summed E-state index contributed by atoms with van der Waals surface area (Å²) < 4.78 is 5.15. The Morgan fingerprint density at radius 2 is 1.55 bits per heavy atom. The monoisotopic (exact) mass is 314 g/mol. The number of hydrogen-bond donors (Lipinski definition) is 1. The fraction of sp³-hybridized carbons (Fsp3) is 0.882. The van der Waals surface area contributed by atoms with E-state index in [0.717, 1.165) is 38.8 Å². The summed E-state index contributed by atoms with van der Waals surface area (Å²) in [6, 6.07) is 0. The predicted molar refractivity (Wildman–Crippen MR) is 89.9 cm³/mol. The average Bonchev–Trinajstić information content (AvgIpc) is 2.41. The van der Waals surface area contributed by atoms with Crippen molar-refractivity contribution in [3.63, 3.8) is 0 Å². The number of alkyl carbamates (subject to hydrolysis) is 1. The lowest BCUT2D eigenvalue weighted by Gasteiger charge is -2.22. The largest absolute Gasteiger partial charge is 0.444 e. The van der Waals surface area contributed by atoms with E-state index >= 15 is 0 Å². The highest BCUT2D eigenvalue weighted by Gasteiger charge is 2.16. The minimum Gasteiger partial charge on any atom is -0.444 e. The van der Waals surface area contributed by atoms with E-state index in [1.165, 1.54) is 0 Å². The molecule has 22 heavy (non-hydrogen) atoms. The van der Waals surface area contributed by atoms with Crippen LogP contribution in [0.3, 0.4) is 0 Å². The highest BCUT2D eigenvalue weighted by Crippen LogP contribution is 2.07. The van der Waals surface area contributed by atoms with E-state index < -0.39 is 11.7 Å². The molecule has 0 heterocycles. The van der Waals surface area contributed by atoms with Gasteiger partial charge in [-0.1, -0.05) is 26.7 Å². The van der Waals surface area contributed by atoms with Crippen LogP contribution in [0.2, 0.25) is 0 Å². The molecule has 0 radical (unpaired) electrons. The number of carbonyl (C=O) groups excluding carboxylic acids is 2. The lowest BCUT2D eigenvalue weighted by atomic mass is 10.2. The molecule has 0 spiro atoms. The van der Waals surface area contributed by atoms with Gasteiger partial charge in [-0.2, -0.15) is 0 Å². The second-order valence-corrected chi connectivity index (χ2v) is 6.62. The molecule has 130 valence electrons. The lowest BCUT2D eigenvalue weighted by Crippen LogP contribution is -2.35. The number of amides is 2. The molecule has 0 aliphatic carbocycles. The molecule has 0 atom stereocenters. The number of ether oxygens (including phenoxy) is 1. The number of nitrogens with zero attached hydrogens (tertiary/aromatic N) is 1. The number of hydrogen-bond acceptors (Lipinski definition) is 3. The van der Waals surface area contributed by atoms with Gasteiger partial charge in [-0.15, -0.1) is 0 Å². The number of rotatable bonds is 10. The van der Waals surface area contributed by atoms with Gasteiger partial charge >= 0.3 is 6.09 Å². The van der Waals surface area contributed by atoms with Crippen LogP contribution >= 0.6 is 0 Å². The van der Waals surface area contributed by atoms with Gasteiger partial charge in [0.05, 0.1) is 0 Å². The number of unbranched alkanes of at least 4 members (excludes halogenated alkanes) is 2. The molecule has 0 aromatic carbocycles. The van der Waals surface area contributed by atoms with Crippen molar-refractivity contribution in [2.24, 2.45) is 0 Å². The van der Waals surface area contributed by atoms with Gasteiger partial charge in [-0.25, -0.2) is 4.79 Å². The lowest BCUT2D eigenvalue weighted by molar-refractivity contribution is -0.131. The van der Waals surface area contributed by atoms with E-state index in [-0.39, 0.29) is 5.91 Å². The van der Waals surface area contributed by atoms with E-state index in [9.17, 15) is 9.59 Å². The second kappa shape index (κ2) is 11.3. The third-order valence-electron chi connectivity index (χ3n) is 3.15. The van der Waals surface area contributed by atoms with E-state index in [0.29, 0.717) is 19.4 Å². The van der Waals surface area contributed by atoms with Gasteiger partial charge in [0.15, 0.2) is 0 Å². The van der Waals surface area contributed by atoms with Crippen LogP contribution in [-0.2, 0) is 9.53 Å². The summed E-state index contributed by atoms with van der Waals surface area (Å²) in [4.78, 5) is 25.7. The third-order valence-corrected chi connectivity index (χ3v) is 3.15. The minimum absolute atomic E-state index is 0.188. The molecule has 2 amide bonds. The third kappa shape index (κ3) is 11.4. The Morgan fingerprint density at radius 3 is 2.00 bits per heavy atom. The van der Waals surface area contributed by atoms with Crippen LogP contribution in [0, 0.1) is 0 Å². The van der Waals surface area contributed by atoms with E-state index in [1.807, 2.05) is 25.7 Å². The van der Waals surface area contributed by atoms with E-state index in [2.05, 4.69) is 19.2 Å². The highest BCUT2D eigenvalue weighted by atomic mass is 16.6. The topological polar surface area (TPSA) is 58.6 Å². The Kier molecular flexibility index (Phi) is 10.7. The van der Waals surface area contributed by atoms with Gasteiger partial charge in [-0.3, -0.25) is 4.79 Å². The summed E-state index contributed by atoms with van der Waals surface area (Å²) in [7, 11) is 0. The maximum absolute atomic E-state index is 12.2. The molecule has 5 heteroatoms. The van der Waals surface area contributed by atoms with Crippen LogP contribution < -0.4 is 5.32 Å². The van der Waals surface area contributed by atoms with Crippen LogP contribution in [0.15, 0.2) is 0 Å². The normalized spacial score (nSPS) is 11.1. The zero-order chi connectivity index (χ0) is 17.0. The summed E-state index contributed by atoms with van der Waals surface area (Å²) in [5, 5.41) is 2.69. The highest BCUT2D eigenvalue weighted by molar-refractivity contribution is 5.76. The van der Waals surface area contributed by atoms with Crippen molar-refractivity contribution >= 4 is 12.0 Å². The molecule has 0 bridgehead atoms. The number of nitrogens with one attached hydrogen (secondary N) is 1. The predicted octanol–water partition coefficient (Wildman–Crippen LogP) is 3.72. The van der Waals surface area contributed by atoms with Crippen molar-refractivity contribution in [3.05, 3.63) is 0 Å². The maximum Gasteiger partial charge on any atom is 0.407 e. The van der Waals surface area contributed by atoms with Gasteiger partial charge in [0.25, 0.3) is 0 Å². The molecule has 0 fully saturated rings. The van der Waals surface area contributed by atoms with Gasteiger partial charge < -0.3 is 15.0 Å². The quantitative estimate of drug-likeness (QED) is 0.625. The Balaban J connectivity index is 3.99. The molecule has 0 aromatic heterocycles. The molecule has 0 aromatic rings. The maximum atomic E-state index is 12.2. The van der Waals surface area contributed by atoms with Crippen molar-refractivity contribution in [2.75, 3.05) is 19.6 Å².